The topological polar surface area (TPSA) is 42.5 Å². The van der Waals surface area contributed by atoms with Gasteiger partial charge >= 0.3 is 0 Å². The van der Waals surface area contributed by atoms with Gasteiger partial charge in [-0.05, 0) is 0 Å². The number of nitrogens with one attached hydrogen (secondary N) is 2. The highest BCUT2D eigenvalue weighted by molar-refractivity contribution is 5.08. The van der Waals surface area contributed by atoms with E-state index in [4.69, 9.17) is 9.47 Å². The minimum absolute atomic E-state index is 0.0691. The second-order valence-electron chi connectivity index (χ2n) is 5.73. The normalized spacial score (nSPS) is 42.0. The van der Waals surface area contributed by atoms with Gasteiger partial charge in [0.15, 0.2) is 0 Å². The first-order chi connectivity index (χ1) is 7.08. The second-order valence-corrected chi connectivity index (χ2v) is 5.73. The molecule has 86 valence electrons. The summed E-state index contributed by atoms with van der Waals surface area (Å²) >= 11 is 0. The van der Waals surface area contributed by atoms with Crippen LogP contribution in [0.1, 0.15) is 20.3 Å². The quantitative estimate of drug-likeness (QED) is 0.597. The predicted molar refractivity (Wildman–Crippen MR) is 56.6 cm³/mol. The van der Waals surface area contributed by atoms with E-state index in [-0.39, 0.29) is 16.7 Å². The maximum absolute atomic E-state index is 6.38. The molecule has 4 nitrogen and oxygen atoms in total. The fourth-order valence-corrected chi connectivity index (χ4v) is 2.80. The zero-order chi connectivity index (χ0) is 10.6. The van der Waals surface area contributed by atoms with Crippen LogP contribution in [-0.4, -0.2) is 44.2 Å². The molecule has 0 amide bonds. The van der Waals surface area contributed by atoms with E-state index in [9.17, 15) is 0 Å². The Morgan fingerprint density at radius 3 is 2.47 bits per heavy atom. The molecule has 3 aliphatic heterocycles. The molecule has 0 radical (unpaired) electrons. The Morgan fingerprint density at radius 2 is 1.93 bits per heavy atom. The van der Waals surface area contributed by atoms with Crippen LogP contribution in [0.15, 0.2) is 0 Å². The highest BCUT2D eigenvalue weighted by Crippen LogP contribution is 2.46. The van der Waals surface area contributed by atoms with Crippen molar-refractivity contribution in [2.75, 3.05) is 32.8 Å². The van der Waals surface area contributed by atoms with Crippen LogP contribution >= 0.6 is 0 Å². The van der Waals surface area contributed by atoms with Crippen LogP contribution in [0.25, 0.3) is 0 Å². The van der Waals surface area contributed by atoms with Crippen molar-refractivity contribution in [1.29, 1.82) is 0 Å². The monoisotopic (exact) mass is 212 g/mol. The molecule has 3 aliphatic rings. The Hall–Kier alpha value is -0.160. The lowest BCUT2D eigenvalue weighted by atomic mass is 9.71. The van der Waals surface area contributed by atoms with Gasteiger partial charge in [-0.15, -0.1) is 0 Å². The van der Waals surface area contributed by atoms with E-state index in [0.29, 0.717) is 0 Å². The number of rotatable bonds is 0. The summed E-state index contributed by atoms with van der Waals surface area (Å²) in [6.45, 7) is 8.99. The van der Waals surface area contributed by atoms with Gasteiger partial charge < -0.3 is 14.8 Å². The molecule has 1 unspecified atom stereocenters. The van der Waals surface area contributed by atoms with Gasteiger partial charge in [-0.3, -0.25) is 5.32 Å². The average Bonchev–Trinajstić information content (AvgIpc) is 2.58. The lowest BCUT2D eigenvalue weighted by Crippen LogP contribution is -2.78. The van der Waals surface area contributed by atoms with Crippen molar-refractivity contribution in [3.05, 3.63) is 0 Å². The second kappa shape index (κ2) is 2.94. The number of hydrogen-bond donors (Lipinski definition) is 2. The molecule has 0 aromatic heterocycles. The molecule has 3 rings (SSSR count). The first-order valence-electron chi connectivity index (χ1n) is 5.81. The Bertz CT molecular complexity index is 268. The Morgan fingerprint density at radius 1 is 1.13 bits per heavy atom. The van der Waals surface area contributed by atoms with Crippen LogP contribution < -0.4 is 10.6 Å². The third-order valence-corrected chi connectivity index (χ3v) is 4.28. The molecule has 15 heavy (non-hydrogen) atoms. The van der Waals surface area contributed by atoms with Crippen LogP contribution in [0.3, 0.4) is 0 Å². The summed E-state index contributed by atoms with van der Waals surface area (Å²) in [5, 5.41) is 6.81. The highest BCUT2D eigenvalue weighted by atomic mass is 16.6. The lowest BCUT2D eigenvalue weighted by Gasteiger charge is -2.58. The van der Waals surface area contributed by atoms with Gasteiger partial charge in [0.1, 0.15) is 11.3 Å². The van der Waals surface area contributed by atoms with Crippen LogP contribution in [0.4, 0.5) is 0 Å². The van der Waals surface area contributed by atoms with Gasteiger partial charge in [0.2, 0.25) is 0 Å². The summed E-state index contributed by atoms with van der Waals surface area (Å²) in [6.07, 6.45) is 1.03. The maximum atomic E-state index is 6.38. The van der Waals surface area contributed by atoms with Crippen molar-refractivity contribution in [2.45, 2.75) is 31.6 Å². The van der Waals surface area contributed by atoms with Crippen molar-refractivity contribution in [3.63, 3.8) is 0 Å². The molecular formula is C11H20N2O2. The first kappa shape index (κ1) is 10.0. The molecule has 0 aromatic carbocycles. The summed E-state index contributed by atoms with van der Waals surface area (Å²) in [5.41, 5.74) is -0.0199. The van der Waals surface area contributed by atoms with E-state index < -0.39 is 0 Å². The fourth-order valence-electron chi connectivity index (χ4n) is 2.80. The molecule has 0 aromatic rings. The SMILES string of the molecule is CC1(C)CNC2(CNC2)OC12CCOC2. The summed E-state index contributed by atoms with van der Waals surface area (Å²) in [5.74, 6) is 0. The summed E-state index contributed by atoms with van der Waals surface area (Å²) in [6, 6.07) is 0. The van der Waals surface area contributed by atoms with Crippen molar-refractivity contribution < 1.29 is 9.47 Å². The fraction of sp³-hybridized carbons (Fsp3) is 1.00. The minimum atomic E-state index is -0.108. The Labute approximate surface area is 90.7 Å². The molecule has 4 heteroatoms. The van der Waals surface area contributed by atoms with Crippen LogP contribution in [0.5, 0.6) is 0 Å². The molecule has 1 atom stereocenters. The molecule has 0 saturated carbocycles. The van der Waals surface area contributed by atoms with Gasteiger partial charge in [-0.1, -0.05) is 13.8 Å². The molecule has 3 saturated heterocycles. The number of hydrogen-bond acceptors (Lipinski definition) is 4. The van der Waals surface area contributed by atoms with E-state index in [2.05, 4.69) is 24.5 Å². The smallest absolute Gasteiger partial charge is 0.145 e. The highest BCUT2D eigenvalue weighted by Gasteiger charge is 2.58. The van der Waals surface area contributed by atoms with E-state index >= 15 is 0 Å². The third-order valence-electron chi connectivity index (χ3n) is 4.28. The van der Waals surface area contributed by atoms with Crippen LogP contribution in [0.2, 0.25) is 0 Å². The van der Waals surface area contributed by atoms with Crippen molar-refractivity contribution in [3.8, 4) is 0 Å². The van der Waals surface area contributed by atoms with E-state index in [1.165, 1.54) is 0 Å². The molecular weight excluding hydrogens is 192 g/mol. The molecule has 0 aliphatic carbocycles. The maximum Gasteiger partial charge on any atom is 0.145 e. The van der Waals surface area contributed by atoms with Crippen molar-refractivity contribution in [2.24, 2.45) is 5.41 Å². The third kappa shape index (κ3) is 1.29. The van der Waals surface area contributed by atoms with Gasteiger partial charge in [-0.2, -0.15) is 0 Å². The number of ether oxygens (including phenoxy) is 2. The van der Waals surface area contributed by atoms with Gasteiger partial charge in [-0.25, -0.2) is 0 Å². The van der Waals surface area contributed by atoms with Crippen molar-refractivity contribution >= 4 is 0 Å². The van der Waals surface area contributed by atoms with Crippen LogP contribution in [-0.2, 0) is 9.47 Å². The van der Waals surface area contributed by atoms with Crippen LogP contribution in [0, 0.1) is 5.41 Å². The first-order valence-corrected chi connectivity index (χ1v) is 5.81. The summed E-state index contributed by atoms with van der Waals surface area (Å²) in [7, 11) is 0. The van der Waals surface area contributed by atoms with E-state index in [1.54, 1.807) is 0 Å². The Kier molecular flexibility index (Phi) is 1.97. The minimum Gasteiger partial charge on any atom is -0.378 e. The summed E-state index contributed by atoms with van der Waals surface area (Å²) in [4.78, 5) is 0. The zero-order valence-electron chi connectivity index (χ0n) is 9.56. The summed E-state index contributed by atoms with van der Waals surface area (Å²) < 4.78 is 11.9. The largest absolute Gasteiger partial charge is 0.378 e. The average molecular weight is 212 g/mol. The Balaban J connectivity index is 1.87. The van der Waals surface area contributed by atoms with E-state index in [0.717, 1.165) is 39.3 Å². The van der Waals surface area contributed by atoms with Gasteiger partial charge in [0, 0.05) is 38.1 Å². The zero-order valence-corrected chi connectivity index (χ0v) is 9.56. The molecule has 2 spiro atoms. The molecule has 0 bridgehead atoms. The molecule has 3 fully saturated rings. The van der Waals surface area contributed by atoms with Gasteiger partial charge in [0.05, 0.1) is 6.61 Å². The lowest BCUT2D eigenvalue weighted by molar-refractivity contribution is -0.263. The predicted octanol–water partition coefficient (Wildman–Crippen LogP) is 0.0910. The van der Waals surface area contributed by atoms with Crippen molar-refractivity contribution in [1.82, 2.24) is 10.6 Å². The standard InChI is InChI=1S/C11H20N2O2/c1-9(2)5-13-11(6-12-7-11)15-10(9)3-4-14-8-10/h12-13H,3-8H2,1-2H3. The molecule has 3 heterocycles. The molecule has 2 N–H and O–H groups in total. The van der Waals surface area contributed by atoms with Gasteiger partial charge in [0.25, 0.3) is 0 Å². The van der Waals surface area contributed by atoms with E-state index in [1.807, 2.05) is 0 Å².